The van der Waals surface area contributed by atoms with E-state index in [0.29, 0.717) is 10.9 Å². The second-order valence-corrected chi connectivity index (χ2v) is 4.91. The van der Waals surface area contributed by atoms with E-state index in [9.17, 15) is 0 Å². The molecule has 7 heteroatoms. The summed E-state index contributed by atoms with van der Waals surface area (Å²) in [5.41, 5.74) is 7.30. The van der Waals surface area contributed by atoms with Crippen LogP contribution < -0.4 is 11.1 Å². The van der Waals surface area contributed by atoms with Crippen molar-refractivity contribution < 1.29 is 4.42 Å². The average molecular weight is 279 g/mol. The van der Waals surface area contributed by atoms with Crippen LogP contribution >= 0.6 is 12.2 Å². The number of oxazole rings is 1. The summed E-state index contributed by atoms with van der Waals surface area (Å²) >= 11 is 5.07. The molecule has 1 atom stereocenters. The van der Waals surface area contributed by atoms with Crippen LogP contribution in [0.2, 0.25) is 0 Å². The maximum absolute atomic E-state index is 5.75. The molecule has 0 radical (unpaired) electrons. The molecule has 3 N–H and O–H groups in total. The smallest absolute Gasteiger partial charge is 0.216 e. The van der Waals surface area contributed by atoms with Crippen LogP contribution in [0.15, 0.2) is 10.6 Å². The summed E-state index contributed by atoms with van der Waals surface area (Å²) in [6, 6.07) is -0.100. The van der Waals surface area contributed by atoms with Crippen LogP contribution in [0.5, 0.6) is 0 Å². The van der Waals surface area contributed by atoms with Crippen molar-refractivity contribution in [2.24, 2.45) is 12.8 Å². The molecule has 102 valence electrons. The first-order chi connectivity index (χ1) is 8.90. The Morgan fingerprint density at radius 1 is 1.53 bits per heavy atom. The molecule has 0 aliphatic rings. The zero-order valence-electron chi connectivity index (χ0n) is 11.4. The van der Waals surface area contributed by atoms with Gasteiger partial charge in [0.25, 0.3) is 0 Å². The molecule has 0 aliphatic heterocycles. The fraction of sp³-hybridized carbons (Fsp3) is 0.417. The summed E-state index contributed by atoms with van der Waals surface area (Å²) < 4.78 is 7.22. The summed E-state index contributed by atoms with van der Waals surface area (Å²) in [5, 5.41) is 7.61. The SMILES string of the molecule is Cc1cnc(C(C)Nc2c(C(N)=S)c(C)nn2C)o1. The molecule has 19 heavy (non-hydrogen) atoms. The van der Waals surface area contributed by atoms with Crippen molar-refractivity contribution in [3.05, 3.63) is 29.1 Å². The molecule has 2 heterocycles. The Morgan fingerprint density at radius 3 is 2.74 bits per heavy atom. The van der Waals surface area contributed by atoms with E-state index in [1.807, 2.05) is 27.8 Å². The molecule has 0 aliphatic carbocycles. The van der Waals surface area contributed by atoms with Crippen LogP contribution in [0.25, 0.3) is 0 Å². The zero-order chi connectivity index (χ0) is 14.2. The highest BCUT2D eigenvalue weighted by molar-refractivity contribution is 7.80. The van der Waals surface area contributed by atoms with Crippen LogP contribution in [0.4, 0.5) is 5.82 Å². The molecule has 2 aromatic heterocycles. The number of aryl methyl sites for hydroxylation is 3. The second kappa shape index (κ2) is 5.00. The van der Waals surface area contributed by atoms with Gasteiger partial charge in [0.2, 0.25) is 5.89 Å². The molecular formula is C12H17N5OS. The molecule has 2 aromatic rings. The minimum absolute atomic E-state index is 0.100. The first-order valence-electron chi connectivity index (χ1n) is 5.92. The lowest BCUT2D eigenvalue weighted by molar-refractivity contribution is 0.452. The summed E-state index contributed by atoms with van der Waals surface area (Å²) in [6.07, 6.45) is 1.69. The molecule has 0 fully saturated rings. The van der Waals surface area contributed by atoms with Crippen molar-refractivity contribution in [3.63, 3.8) is 0 Å². The summed E-state index contributed by atoms with van der Waals surface area (Å²) in [5.74, 6) is 2.16. The molecule has 0 spiro atoms. The number of aromatic nitrogens is 3. The first-order valence-corrected chi connectivity index (χ1v) is 6.33. The first kappa shape index (κ1) is 13.5. The highest BCUT2D eigenvalue weighted by atomic mass is 32.1. The highest BCUT2D eigenvalue weighted by Crippen LogP contribution is 2.24. The number of nitrogens with two attached hydrogens (primary N) is 1. The van der Waals surface area contributed by atoms with Gasteiger partial charge in [-0.15, -0.1) is 0 Å². The summed E-state index contributed by atoms with van der Waals surface area (Å²) in [6.45, 7) is 5.69. The fourth-order valence-corrected chi connectivity index (χ4v) is 2.20. The van der Waals surface area contributed by atoms with E-state index in [0.717, 1.165) is 22.8 Å². The molecule has 2 rings (SSSR count). The van der Waals surface area contributed by atoms with Gasteiger partial charge in [0.1, 0.15) is 22.6 Å². The Hall–Kier alpha value is -1.89. The Morgan fingerprint density at radius 2 is 2.21 bits per heavy atom. The number of hydrogen-bond donors (Lipinski definition) is 2. The van der Waals surface area contributed by atoms with Gasteiger partial charge < -0.3 is 15.5 Å². The van der Waals surface area contributed by atoms with Crippen molar-refractivity contribution >= 4 is 23.0 Å². The van der Waals surface area contributed by atoms with E-state index < -0.39 is 0 Å². The largest absolute Gasteiger partial charge is 0.444 e. The topological polar surface area (TPSA) is 81.9 Å². The van der Waals surface area contributed by atoms with Gasteiger partial charge in [-0.3, -0.25) is 4.68 Å². The summed E-state index contributed by atoms with van der Waals surface area (Å²) in [7, 11) is 1.84. The van der Waals surface area contributed by atoms with Gasteiger partial charge in [0.15, 0.2) is 0 Å². The molecule has 0 amide bonds. The zero-order valence-corrected chi connectivity index (χ0v) is 12.2. The molecule has 0 saturated heterocycles. The molecule has 0 bridgehead atoms. The van der Waals surface area contributed by atoms with E-state index in [2.05, 4.69) is 15.4 Å². The maximum atomic E-state index is 5.75. The predicted octanol–water partition coefficient (Wildman–Crippen LogP) is 1.83. The third-order valence-electron chi connectivity index (χ3n) is 2.83. The Bertz CT molecular complexity index is 616. The standard InChI is InChI=1S/C12H17N5OS/c1-6-5-14-12(18-6)8(3)15-11-9(10(13)19)7(2)16-17(11)4/h5,8,15H,1-4H3,(H2,13,19). The van der Waals surface area contributed by atoms with Crippen LogP contribution in [0.1, 0.15) is 35.9 Å². The monoisotopic (exact) mass is 279 g/mol. The minimum atomic E-state index is -0.100. The predicted molar refractivity (Wildman–Crippen MR) is 77.1 cm³/mol. The number of nitrogens with zero attached hydrogens (tertiary/aromatic N) is 3. The van der Waals surface area contributed by atoms with Gasteiger partial charge >= 0.3 is 0 Å². The van der Waals surface area contributed by atoms with Gasteiger partial charge in [-0.2, -0.15) is 5.10 Å². The van der Waals surface area contributed by atoms with E-state index in [-0.39, 0.29) is 6.04 Å². The Kier molecular flexibility index (Phi) is 3.57. The lowest BCUT2D eigenvalue weighted by Gasteiger charge is -2.13. The molecule has 0 aromatic carbocycles. The van der Waals surface area contributed by atoms with Gasteiger partial charge in [0.05, 0.1) is 17.5 Å². The van der Waals surface area contributed by atoms with Crippen molar-refractivity contribution in [1.29, 1.82) is 0 Å². The number of thiocarbonyl (C=S) groups is 1. The average Bonchev–Trinajstić information content (AvgIpc) is 2.84. The minimum Gasteiger partial charge on any atom is -0.444 e. The van der Waals surface area contributed by atoms with Crippen LogP contribution in [0, 0.1) is 13.8 Å². The van der Waals surface area contributed by atoms with E-state index in [1.165, 1.54) is 0 Å². The molecule has 1 unspecified atom stereocenters. The second-order valence-electron chi connectivity index (χ2n) is 4.47. The third kappa shape index (κ3) is 2.60. The summed E-state index contributed by atoms with van der Waals surface area (Å²) in [4.78, 5) is 4.52. The van der Waals surface area contributed by atoms with Gasteiger partial charge in [-0.1, -0.05) is 12.2 Å². The van der Waals surface area contributed by atoms with Crippen LogP contribution in [0.3, 0.4) is 0 Å². The van der Waals surface area contributed by atoms with Gasteiger partial charge in [0, 0.05) is 7.05 Å². The van der Waals surface area contributed by atoms with Crippen molar-refractivity contribution in [3.8, 4) is 0 Å². The normalized spacial score (nSPS) is 12.4. The van der Waals surface area contributed by atoms with E-state index >= 15 is 0 Å². The fourth-order valence-electron chi connectivity index (χ4n) is 1.96. The Labute approximate surface area is 117 Å². The van der Waals surface area contributed by atoms with Crippen molar-refractivity contribution in [2.45, 2.75) is 26.8 Å². The molecule has 6 nitrogen and oxygen atoms in total. The third-order valence-corrected chi connectivity index (χ3v) is 3.04. The maximum Gasteiger partial charge on any atom is 0.216 e. The van der Waals surface area contributed by atoms with Crippen LogP contribution in [-0.4, -0.2) is 19.8 Å². The van der Waals surface area contributed by atoms with Crippen molar-refractivity contribution in [2.75, 3.05) is 5.32 Å². The quantitative estimate of drug-likeness (QED) is 0.831. The van der Waals surface area contributed by atoms with Gasteiger partial charge in [-0.05, 0) is 20.8 Å². The van der Waals surface area contributed by atoms with E-state index in [4.69, 9.17) is 22.4 Å². The van der Waals surface area contributed by atoms with Crippen LogP contribution in [-0.2, 0) is 7.05 Å². The number of hydrogen-bond acceptors (Lipinski definition) is 5. The number of anilines is 1. The Balaban J connectivity index is 2.31. The number of nitrogens with one attached hydrogen (secondary N) is 1. The highest BCUT2D eigenvalue weighted by Gasteiger charge is 2.19. The lowest BCUT2D eigenvalue weighted by atomic mass is 10.2. The van der Waals surface area contributed by atoms with Gasteiger partial charge in [-0.25, -0.2) is 4.98 Å². The lowest BCUT2D eigenvalue weighted by Crippen LogP contribution is -2.16. The molecular weight excluding hydrogens is 262 g/mol. The van der Waals surface area contributed by atoms with Crippen molar-refractivity contribution in [1.82, 2.24) is 14.8 Å². The number of rotatable bonds is 4. The van der Waals surface area contributed by atoms with E-state index in [1.54, 1.807) is 10.9 Å². The molecule has 0 saturated carbocycles.